The Bertz CT molecular complexity index is 1010. The molecule has 1 saturated heterocycles. The Morgan fingerprint density at radius 1 is 1.10 bits per heavy atom. The zero-order chi connectivity index (χ0) is 20.4. The molecule has 2 aromatic heterocycles. The lowest BCUT2D eigenvalue weighted by atomic mass is 10.1. The Hall–Kier alpha value is -3.00. The summed E-state index contributed by atoms with van der Waals surface area (Å²) < 4.78 is 6.91. The highest BCUT2D eigenvalue weighted by atomic mass is 16.5. The van der Waals surface area contributed by atoms with E-state index in [2.05, 4.69) is 32.1 Å². The minimum absolute atomic E-state index is 0.140. The van der Waals surface area contributed by atoms with Gasteiger partial charge in [0.1, 0.15) is 12.1 Å². The van der Waals surface area contributed by atoms with Crippen molar-refractivity contribution < 1.29 is 9.53 Å². The highest BCUT2D eigenvalue weighted by Gasteiger charge is 2.23. The van der Waals surface area contributed by atoms with Crippen LogP contribution >= 0.6 is 0 Å². The average Bonchev–Trinajstić information content (AvgIpc) is 3.20. The zero-order valence-electron chi connectivity index (χ0n) is 17.1. The zero-order valence-corrected chi connectivity index (χ0v) is 17.1. The van der Waals surface area contributed by atoms with E-state index >= 15 is 0 Å². The smallest absolute Gasteiger partial charge is 0.252 e. The third kappa shape index (κ3) is 4.07. The van der Waals surface area contributed by atoms with Crippen LogP contribution in [-0.4, -0.2) is 68.6 Å². The Kier molecular flexibility index (Phi) is 5.44. The number of hydrogen-bond acceptors (Lipinski definition) is 6. The summed E-state index contributed by atoms with van der Waals surface area (Å²) in [5.41, 5.74) is 3.96. The molecular weight excluding hydrogens is 368 g/mol. The van der Waals surface area contributed by atoms with Crippen LogP contribution in [0.5, 0.6) is 5.75 Å². The second kappa shape index (κ2) is 8.16. The number of ether oxygens (including phenoxy) is 1. The van der Waals surface area contributed by atoms with Gasteiger partial charge in [0, 0.05) is 49.7 Å². The third-order valence-electron chi connectivity index (χ3n) is 5.61. The van der Waals surface area contributed by atoms with E-state index in [1.807, 2.05) is 30.9 Å². The van der Waals surface area contributed by atoms with E-state index in [-0.39, 0.29) is 5.91 Å². The molecule has 0 aliphatic carbocycles. The highest BCUT2D eigenvalue weighted by Crippen LogP contribution is 2.17. The first kappa shape index (κ1) is 19.3. The van der Waals surface area contributed by atoms with Gasteiger partial charge in [0.05, 0.1) is 13.5 Å². The summed E-state index contributed by atoms with van der Waals surface area (Å²) in [5, 5.41) is 4.20. The maximum absolute atomic E-state index is 12.9. The van der Waals surface area contributed by atoms with Gasteiger partial charge < -0.3 is 9.64 Å². The van der Waals surface area contributed by atoms with Crippen molar-refractivity contribution >= 4 is 11.7 Å². The maximum Gasteiger partial charge on any atom is 0.252 e. The molecule has 0 saturated carbocycles. The molecule has 1 fully saturated rings. The highest BCUT2D eigenvalue weighted by molar-refractivity contribution is 5.79. The normalized spacial score (nSPS) is 15.1. The van der Waals surface area contributed by atoms with Gasteiger partial charge in [-0.1, -0.05) is 12.1 Å². The topological polar surface area (TPSA) is 75.9 Å². The van der Waals surface area contributed by atoms with Crippen molar-refractivity contribution in [1.82, 2.24) is 29.4 Å². The van der Waals surface area contributed by atoms with Crippen LogP contribution in [0.4, 0.5) is 0 Å². The molecule has 4 rings (SSSR count). The maximum atomic E-state index is 12.9. The molecule has 152 valence electrons. The Morgan fingerprint density at radius 3 is 2.52 bits per heavy atom. The molecule has 0 atom stereocenters. The number of carbonyl (C=O) groups excluding carboxylic acids is 1. The van der Waals surface area contributed by atoms with Gasteiger partial charge in [-0.2, -0.15) is 10.1 Å². The molecule has 8 heteroatoms. The first-order chi connectivity index (χ1) is 14.0. The molecule has 0 radical (unpaired) electrons. The van der Waals surface area contributed by atoms with Crippen LogP contribution in [0.15, 0.2) is 30.6 Å². The van der Waals surface area contributed by atoms with Crippen molar-refractivity contribution in [2.24, 2.45) is 0 Å². The van der Waals surface area contributed by atoms with Crippen LogP contribution in [-0.2, 0) is 17.8 Å². The summed E-state index contributed by atoms with van der Waals surface area (Å²) in [7, 11) is 1.67. The van der Waals surface area contributed by atoms with Gasteiger partial charge in [-0.3, -0.25) is 9.69 Å². The minimum atomic E-state index is 0.140. The Morgan fingerprint density at radius 2 is 1.83 bits per heavy atom. The summed E-state index contributed by atoms with van der Waals surface area (Å²) >= 11 is 0. The second-order valence-corrected chi connectivity index (χ2v) is 7.41. The van der Waals surface area contributed by atoms with Crippen molar-refractivity contribution in [3.63, 3.8) is 0 Å². The molecule has 0 spiro atoms. The average molecular weight is 394 g/mol. The number of aromatic nitrogens is 4. The first-order valence-corrected chi connectivity index (χ1v) is 9.84. The van der Waals surface area contributed by atoms with Crippen LogP contribution in [0.3, 0.4) is 0 Å². The molecule has 3 heterocycles. The number of aryl methyl sites for hydroxylation is 2. The van der Waals surface area contributed by atoms with E-state index in [0.29, 0.717) is 12.2 Å². The van der Waals surface area contributed by atoms with E-state index in [4.69, 9.17) is 4.74 Å². The van der Waals surface area contributed by atoms with Crippen LogP contribution in [0, 0.1) is 13.8 Å². The molecule has 8 nitrogen and oxygen atoms in total. The number of benzene rings is 1. The standard InChI is InChI=1S/C21H26N6O2/c1-15-19(16(2)27-21(24-15)22-14-23-27)12-20(28)26-10-8-25(9-11-26)13-17-4-6-18(29-3)7-5-17/h4-7,14H,8-13H2,1-3H3. The SMILES string of the molecule is COc1ccc(CN2CCN(C(=O)Cc3c(C)nc4ncnn4c3C)CC2)cc1. The fraction of sp³-hybridized carbons (Fsp3) is 0.429. The van der Waals surface area contributed by atoms with Crippen molar-refractivity contribution in [2.45, 2.75) is 26.8 Å². The Labute approximate surface area is 170 Å². The number of piperazine rings is 1. The van der Waals surface area contributed by atoms with Gasteiger partial charge in [-0.15, -0.1) is 0 Å². The fourth-order valence-corrected chi connectivity index (χ4v) is 3.82. The van der Waals surface area contributed by atoms with Gasteiger partial charge in [-0.05, 0) is 31.5 Å². The molecule has 0 unspecified atom stereocenters. The molecule has 1 amide bonds. The van der Waals surface area contributed by atoms with Crippen molar-refractivity contribution in [3.05, 3.63) is 53.1 Å². The predicted octanol–water partition coefficient (Wildman–Crippen LogP) is 1.64. The van der Waals surface area contributed by atoms with E-state index in [0.717, 1.165) is 55.4 Å². The largest absolute Gasteiger partial charge is 0.497 e. The molecule has 1 aromatic carbocycles. The number of fused-ring (bicyclic) bond motifs is 1. The van der Waals surface area contributed by atoms with Crippen molar-refractivity contribution in [3.8, 4) is 5.75 Å². The van der Waals surface area contributed by atoms with Gasteiger partial charge in [0.25, 0.3) is 5.78 Å². The van der Waals surface area contributed by atoms with Gasteiger partial charge in [0.15, 0.2) is 0 Å². The van der Waals surface area contributed by atoms with Crippen LogP contribution in [0.25, 0.3) is 5.78 Å². The van der Waals surface area contributed by atoms with Crippen molar-refractivity contribution in [2.75, 3.05) is 33.3 Å². The Balaban J connectivity index is 1.35. The second-order valence-electron chi connectivity index (χ2n) is 7.41. The van der Waals surface area contributed by atoms with Crippen LogP contribution < -0.4 is 4.74 Å². The van der Waals surface area contributed by atoms with E-state index in [9.17, 15) is 4.79 Å². The van der Waals surface area contributed by atoms with E-state index < -0.39 is 0 Å². The minimum Gasteiger partial charge on any atom is -0.497 e. The van der Waals surface area contributed by atoms with Gasteiger partial charge >= 0.3 is 0 Å². The number of methoxy groups -OCH3 is 1. The summed E-state index contributed by atoms with van der Waals surface area (Å²) in [4.78, 5) is 25.8. The quantitative estimate of drug-likeness (QED) is 0.655. The van der Waals surface area contributed by atoms with E-state index in [1.165, 1.54) is 11.9 Å². The molecule has 3 aromatic rings. The summed E-state index contributed by atoms with van der Waals surface area (Å²) in [5.74, 6) is 1.58. The molecule has 0 N–H and O–H groups in total. The number of hydrogen-bond donors (Lipinski definition) is 0. The lowest BCUT2D eigenvalue weighted by Gasteiger charge is -2.35. The monoisotopic (exact) mass is 394 g/mol. The molecule has 1 aliphatic rings. The molecule has 1 aliphatic heterocycles. The number of carbonyl (C=O) groups is 1. The summed E-state index contributed by atoms with van der Waals surface area (Å²) in [6.45, 7) is 8.00. The van der Waals surface area contributed by atoms with Crippen LogP contribution in [0.2, 0.25) is 0 Å². The first-order valence-electron chi connectivity index (χ1n) is 9.84. The van der Waals surface area contributed by atoms with Gasteiger partial charge in [0.2, 0.25) is 5.91 Å². The van der Waals surface area contributed by atoms with E-state index in [1.54, 1.807) is 11.6 Å². The number of nitrogens with zero attached hydrogens (tertiary/aromatic N) is 6. The molecule has 29 heavy (non-hydrogen) atoms. The number of amides is 1. The lowest BCUT2D eigenvalue weighted by Crippen LogP contribution is -2.48. The fourth-order valence-electron chi connectivity index (χ4n) is 3.82. The molecular formula is C21H26N6O2. The van der Waals surface area contributed by atoms with Crippen molar-refractivity contribution in [1.29, 1.82) is 0 Å². The molecule has 0 bridgehead atoms. The third-order valence-corrected chi connectivity index (χ3v) is 5.61. The predicted molar refractivity (Wildman–Crippen MR) is 109 cm³/mol. The number of rotatable bonds is 5. The van der Waals surface area contributed by atoms with Gasteiger partial charge in [-0.25, -0.2) is 9.50 Å². The van der Waals surface area contributed by atoms with Crippen LogP contribution in [0.1, 0.15) is 22.5 Å². The lowest BCUT2D eigenvalue weighted by molar-refractivity contribution is -0.132. The summed E-state index contributed by atoms with van der Waals surface area (Å²) in [6.07, 6.45) is 1.83. The summed E-state index contributed by atoms with van der Waals surface area (Å²) in [6, 6.07) is 8.16.